The van der Waals surface area contributed by atoms with E-state index in [1.807, 2.05) is 20.8 Å². The number of fused-ring (bicyclic) bond motifs is 1. The zero-order valence-electron chi connectivity index (χ0n) is 29.1. The third-order valence-corrected chi connectivity index (χ3v) is 9.98. The van der Waals surface area contributed by atoms with Crippen molar-refractivity contribution in [2.24, 2.45) is 5.92 Å². The number of nitrogens with zero attached hydrogens (tertiary/aromatic N) is 2. The van der Waals surface area contributed by atoms with Gasteiger partial charge in [-0.1, -0.05) is 45.4 Å². The Morgan fingerprint density at radius 2 is 1.60 bits per heavy atom. The zero-order valence-corrected chi connectivity index (χ0v) is 29.1. The molecule has 4 rings (SSSR count). The van der Waals surface area contributed by atoms with Crippen LogP contribution in [-0.2, 0) is 4.74 Å². The molecule has 1 aromatic carbocycles. The van der Waals surface area contributed by atoms with Crippen LogP contribution in [0.25, 0.3) is 0 Å². The maximum atomic E-state index is 14.4. The average Bonchev–Trinajstić information content (AvgIpc) is 3.06. The summed E-state index contributed by atoms with van der Waals surface area (Å²) in [5, 5.41) is 19.4. The fourth-order valence-corrected chi connectivity index (χ4v) is 6.95. The predicted molar refractivity (Wildman–Crippen MR) is 184 cm³/mol. The van der Waals surface area contributed by atoms with E-state index < -0.39 is 6.04 Å². The lowest BCUT2D eigenvalue weighted by atomic mass is 9.96. The minimum Gasteiger partial charge on any atom is -0.490 e. The fourth-order valence-electron chi connectivity index (χ4n) is 6.95. The van der Waals surface area contributed by atoms with Gasteiger partial charge >= 0.3 is 12.1 Å². The van der Waals surface area contributed by atoms with Gasteiger partial charge in [0.2, 0.25) is 0 Å². The molecule has 4 N–H and O–H groups in total. The van der Waals surface area contributed by atoms with E-state index in [0.29, 0.717) is 36.7 Å². The first-order valence-corrected chi connectivity index (χ1v) is 18.1. The van der Waals surface area contributed by atoms with Crippen LogP contribution >= 0.6 is 0 Å². The van der Waals surface area contributed by atoms with Crippen LogP contribution in [0.2, 0.25) is 0 Å². The standard InChI is InChI=1S/C36H59N5O6/c1-25-22-41(26(2)24-42)34(43)31-21-30(38-35(44)37-28-14-7-5-8-15-28)18-19-32(31)47-27(3)13-11-12-20-46-33(25)23-40(4)36(45)39-29-16-9-6-10-17-29/h18-19,21,25-29,33,42H,5-17,20,22-24H2,1-4H3,(H,39,45)(H2,37,38,44)/t25-,26+,27-,33+/m1/s1. The summed E-state index contributed by atoms with van der Waals surface area (Å²) in [7, 11) is 1.80. The highest BCUT2D eigenvalue weighted by Crippen LogP contribution is 2.29. The summed E-state index contributed by atoms with van der Waals surface area (Å²) in [5.41, 5.74) is 0.831. The fraction of sp³-hybridized carbons (Fsp3) is 0.750. The molecule has 0 saturated heterocycles. The number of rotatable bonds is 7. The molecule has 0 bridgehead atoms. The van der Waals surface area contributed by atoms with Crippen LogP contribution in [0.4, 0.5) is 15.3 Å². The molecule has 1 heterocycles. The van der Waals surface area contributed by atoms with Gasteiger partial charge in [0, 0.05) is 50.4 Å². The number of anilines is 1. The normalized spacial score (nSPS) is 24.7. The lowest BCUT2D eigenvalue weighted by Gasteiger charge is -2.36. The van der Waals surface area contributed by atoms with E-state index in [9.17, 15) is 19.5 Å². The number of aliphatic hydroxyl groups excluding tert-OH is 1. The van der Waals surface area contributed by atoms with Crippen LogP contribution < -0.4 is 20.7 Å². The number of urea groups is 2. The maximum absolute atomic E-state index is 14.4. The van der Waals surface area contributed by atoms with Crippen molar-refractivity contribution in [1.82, 2.24) is 20.4 Å². The van der Waals surface area contributed by atoms with Crippen molar-refractivity contribution in [2.75, 3.05) is 38.7 Å². The molecule has 0 aromatic heterocycles. The van der Waals surface area contributed by atoms with Crippen molar-refractivity contribution in [3.63, 3.8) is 0 Å². The van der Waals surface area contributed by atoms with Crippen LogP contribution in [0.3, 0.4) is 0 Å². The summed E-state index contributed by atoms with van der Waals surface area (Å²) >= 11 is 0. The largest absolute Gasteiger partial charge is 0.490 e. The van der Waals surface area contributed by atoms with Crippen LogP contribution in [0, 0.1) is 5.92 Å². The lowest BCUT2D eigenvalue weighted by Crippen LogP contribution is -2.50. The molecule has 2 saturated carbocycles. The van der Waals surface area contributed by atoms with Crippen molar-refractivity contribution >= 4 is 23.7 Å². The Labute approximate surface area is 281 Å². The van der Waals surface area contributed by atoms with Gasteiger partial charge in [-0.25, -0.2) is 9.59 Å². The molecular weight excluding hydrogens is 598 g/mol. The van der Waals surface area contributed by atoms with E-state index in [4.69, 9.17) is 9.47 Å². The summed E-state index contributed by atoms with van der Waals surface area (Å²) in [6.07, 6.45) is 12.9. The van der Waals surface area contributed by atoms with E-state index >= 15 is 0 Å². The van der Waals surface area contributed by atoms with Crippen molar-refractivity contribution in [2.45, 2.75) is 135 Å². The van der Waals surface area contributed by atoms with Gasteiger partial charge in [0.15, 0.2) is 0 Å². The van der Waals surface area contributed by atoms with Crippen molar-refractivity contribution in [3.05, 3.63) is 23.8 Å². The molecule has 0 unspecified atom stereocenters. The highest BCUT2D eigenvalue weighted by atomic mass is 16.5. The number of aliphatic hydroxyl groups is 1. The van der Waals surface area contributed by atoms with Gasteiger partial charge in [0.25, 0.3) is 5.91 Å². The summed E-state index contributed by atoms with van der Waals surface area (Å²) in [6, 6.07) is 4.69. The first-order chi connectivity index (χ1) is 22.6. The van der Waals surface area contributed by atoms with E-state index in [1.165, 1.54) is 12.8 Å². The van der Waals surface area contributed by atoms with Crippen LogP contribution in [-0.4, -0.2) is 96.6 Å². The summed E-state index contributed by atoms with van der Waals surface area (Å²) < 4.78 is 12.7. The number of likely N-dealkylation sites (N-methyl/N-ethyl adjacent to an activating group) is 1. The molecule has 0 spiro atoms. The molecule has 1 aromatic rings. The van der Waals surface area contributed by atoms with Crippen LogP contribution in [0.15, 0.2) is 18.2 Å². The van der Waals surface area contributed by atoms with Crippen molar-refractivity contribution in [1.29, 1.82) is 0 Å². The Kier molecular flexibility index (Phi) is 14.5. The molecular formula is C36H59N5O6. The molecule has 11 nitrogen and oxygen atoms in total. The van der Waals surface area contributed by atoms with E-state index in [-0.39, 0.29) is 54.8 Å². The van der Waals surface area contributed by atoms with Gasteiger partial charge in [0.05, 0.1) is 30.4 Å². The van der Waals surface area contributed by atoms with Crippen molar-refractivity contribution in [3.8, 4) is 5.75 Å². The number of hydrogen-bond donors (Lipinski definition) is 4. The zero-order chi connectivity index (χ0) is 33.8. The van der Waals surface area contributed by atoms with Gasteiger partial charge in [-0.15, -0.1) is 0 Å². The second-order valence-corrected chi connectivity index (χ2v) is 14.1. The van der Waals surface area contributed by atoms with Gasteiger partial charge in [-0.05, 0) is 77.0 Å². The van der Waals surface area contributed by atoms with Gasteiger partial charge in [-0.2, -0.15) is 0 Å². The first-order valence-electron chi connectivity index (χ1n) is 18.1. The number of nitrogens with one attached hydrogen (secondary N) is 3. The Hall–Kier alpha value is -3.05. The minimum absolute atomic E-state index is 0.101. The second-order valence-electron chi connectivity index (χ2n) is 14.1. The number of carbonyl (C=O) groups is 3. The maximum Gasteiger partial charge on any atom is 0.319 e. The number of amides is 5. The van der Waals surface area contributed by atoms with Crippen molar-refractivity contribution < 1.29 is 29.0 Å². The smallest absolute Gasteiger partial charge is 0.319 e. The average molecular weight is 658 g/mol. The number of hydrogen-bond acceptors (Lipinski definition) is 6. The lowest BCUT2D eigenvalue weighted by molar-refractivity contribution is -0.0123. The highest BCUT2D eigenvalue weighted by Gasteiger charge is 2.31. The third-order valence-electron chi connectivity index (χ3n) is 9.98. The number of ether oxygens (including phenoxy) is 2. The molecule has 11 heteroatoms. The number of carbonyl (C=O) groups excluding carboxylic acids is 3. The summed E-state index contributed by atoms with van der Waals surface area (Å²) in [6.45, 7) is 6.84. The molecule has 264 valence electrons. The summed E-state index contributed by atoms with van der Waals surface area (Å²) in [4.78, 5) is 43.7. The Morgan fingerprint density at radius 1 is 0.957 bits per heavy atom. The van der Waals surface area contributed by atoms with E-state index in [2.05, 4.69) is 16.0 Å². The molecule has 4 atom stereocenters. The highest BCUT2D eigenvalue weighted by molar-refractivity contribution is 5.99. The monoisotopic (exact) mass is 657 g/mol. The Morgan fingerprint density at radius 3 is 2.26 bits per heavy atom. The molecule has 5 amide bonds. The molecule has 2 aliphatic carbocycles. The Bertz CT molecular complexity index is 1150. The van der Waals surface area contributed by atoms with Crippen LogP contribution in [0.5, 0.6) is 5.75 Å². The quantitative estimate of drug-likeness (QED) is 0.288. The molecule has 3 aliphatic rings. The topological polar surface area (TPSA) is 132 Å². The van der Waals surface area contributed by atoms with Gasteiger partial charge < -0.3 is 40.3 Å². The van der Waals surface area contributed by atoms with E-state index in [0.717, 1.165) is 70.6 Å². The molecule has 2 fully saturated rings. The SMILES string of the molecule is C[C@@H]1CCCCO[C@@H](CN(C)C(=O)NC2CCCCC2)[C@H](C)CN([C@@H](C)CO)C(=O)c2cc(NC(=O)NC3CCCCC3)ccc2O1. The third kappa shape index (κ3) is 11.3. The predicted octanol–water partition coefficient (Wildman–Crippen LogP) is 5.91. The molecule has 1 aliphatic heterocycles. The van der Waals surface area contributed by atoms with Crippen LogP contribution in [0.1, 0.15) is 115 Å². The first kappa shape index (κ1) is 36.8. The second kappa shape index (κ2) is 18.5. The van der Waals surface area contributed by atoms with Gasteiger partial charge in [0.1, 0.15) is 5.75 Å². The summed E-state index contributed by atoms with van der Waals surface area (Å²) in [5.74, 6) is 0.00958. The van der Waals surface area contributed by atoms with Gasteiger partial charge in [-0.3, -0.25) is 4.79 Å². The molecule has 0 radical (unpaired) electrons. The minimum atomic E-state index is -0.484. The van der Waals surface area contributed by atoms with E-state index in [1.54, 1.807) is 35.0 Å². The molecule has 47 heavy (non-hydrogen) atoms. The number of benzene rings is 1. The Balaban J connectivity index is 1.54.